The Morgan fingerprint density at radius 3 is 2.33 bits per heavy atom. The molecular weight excluding hydrogens is 344 g/mol. The van der Waals surface area contributed by atoms with Gasteiger partial charge in [-0.05, 0) is 45.6 Å². The minimum Gasteiger partial charge on any atom is -0.352 e. The van der Waals surface area contributed by atoms with Gasteiger partial charge in [-0.3, -0.25) is 14.4 Å². The molecule has 0 aliphatic rings. The third-order valence-electron chi connectivity index (χ3n) is 4.73. The van der Waals surface area contributed by atoms with Gasteiger partial charge in [0.2, 0.25) is 5.91 Å². The van der Waals surface area contributed by atoms with E-state index >= 15 is 0 Å². The van der Waals surface area contributed by atoms with Gasteiger partial charge in [-0.2, -0.15) is 0 Å². The molecule has 1 aromatic heterocycles. The predicted molar refractivity (Wildman–Crippen MR) is 108 cm³/mol. The second-order valence-electron chi connectivity index (χ2n) is 7.86. The van der Waals surface area contributed by atoms with Gasteiger partial charge in [0.1, 0.15) is 6.54 Å². The maximum absolute atomic E-state index is 13.0. The summed E-state index contributed by atoms with van der Waals surface area (Å²) in [5, 5.41) is 2.77. The average molecular weight is 379 g/mol. The molecule has 7 nitrogen and oxygen atoms in total. The number of nitrogens with zero attached hydrogens (tertiary/aromatic N) is 2. The number of pyridine rings is 1. The molecule has 0 fully saturated rings. The monoisotopic (exact) mass is 378 g/mol. The van der Waals surface area contributed by atoms with E-state index in [-0.39, 0.29) is 36.0 Å². The van der Waals surface area contributed by atoms with Gasteiger partial charge in [0.15, 0.2) is 0 Å². The summed E-state index contributed by atoms with van der Waals surface area (Å²) in [4.78, 5) is 39.0. The molecule has 0 aliphatic carbocycles. The summed E-state index contributed by atoms with van der Waals surface area (Å²) in [6, 6.07) is 1.42. The Morgan fingerprint density at radius 2 is 1.81 bits per heavy atom. The van der Waals surface area contributed by atoms with Crippen molar-refractivity contribution in [2.45, 2.75) is 66.6 Å². The molecule has 0 saturated carbocycles. The van der Waals surface area contributed by atoms with Gasteiger partial charge in [0.05, 0.1) is 5.56 Å². The van der Waals surface area contributed by atoms with Crippen LogP contribution in [0.15, 0.2) is 10.9 Å². The van der Waals surface area contributed by atoms with Gasteiger partial charge in [0, 0.05) is 37.4 Å². The second-order valence-corrected chi connectivity index (χ2v) is 7.86. The molecule has 0 aromatic carbocycles. The summed E-state index contributed by atoms with van der Waals surface area (Å²) in [5.74, 6) is -0.0777. The van der Waals surface area contributed by atoms with Crippen molar-refractivity contribution >= 4 is 11.8 Å². The zero-order chi connectivity index (χ0) is 20.9. The van der Waals surface area contributed by atoms with Crippen molar-refractivity contribution in [3.8, 4) is 0 Å². The zero-order valence-corrected chi connectivity index (χ0v) is 17.6. The van der Waals surface area contributed by atoms with Crippen LogP contribution in [0.3, 0.4) is 0 Å². The first-order valence-corrected chi connectivity index (χ1v) is 9.47. The largest absolute Gasteiger partial charge is 0.352 e. The highest BCUT2D eigenvalue weighted by molar-refractivity contribution is 5.96. The fraction of sp³-hybridized carbons (Fsp3) is 0.650. The fourth-order valence-corrected chi connectivity index (χ4v) is 2.92. The summed E-state index contributed by atoms with van der Waals surface area (Å²) in [6.07, 6.45) is 0.703. The van der Waals surface area contributed by atoms with Crippen LogP contribution in [-0.4, -0.2) is 47.0 Å². The molecule has 0 spiro atoms. The highest BCUT2D eigenvalue weighted by atomic mass is 16.2. The quantitative estimate of drug-likeness (QED) is 0.715. The normalized spacial score (nSPS) is 12.4. The van der Waals surface area contributed by atoms with Gasteiger partial charge in [-0.25, -0.2) is 0 Å². The average Bonchev–Trinajstić information content (AvgIpc) is 2.54. The van der Waals surface area contributed by atoms with Gasteiger partial charge in [-0.15, -0.1) is 0 Å². The van der Waals surface area contributed by atoms with E-state index in [4.69, 9.17) is 5.73 Å². The number of hydrogen-bond acceptors (Lipinski definition) is 4. The summed E-state index contributed by atoms with van der Waals surface area (Å²) >= 11 is 0. The van der Waals surface area contributed by atoms with Gasteiger partial charge in [-0.1, -0.05) is 13.8 Å². The van der Waals surface area contributed by atoms with Crippen LogP contribution in [0.5, 0.6) is 0 Å². The van der Waals surface area contributed by atoms with Crippen LogP contribution in [0.2, 0.25) is 0 Å². The molecule has 27 heavy (non-hydrogen) atoms. The molecule has 1 atom stereocenters. The maximum atomic E-state index is 13.0. The lowest BCUT2D eigenvalue weighted by molar-refractivity contribution is -0.122. The van der Waals surface area contributed by atoms with Crippen LogP contribution < -0.4 is 16.6 Å². The van der Waals surface area contributed by atoms with Crippen LogP contribution in [0.25, 0.3) is 0 Å². The van der Waals surface area contributed by atoms with E-state index in [2.05, 4.69) is 19.2 Å². The molecule has 1 unspecified atom stereocenters. The Labute approximate surface area is 161 Å². The number of nitrogens with one attached hydrogen (secondary N) is 1. The number of aromatic nitrogens is 1. The lowest BCUT2D eigenvalue weighted by Crippen LogP contribution is -2.39. The number of rotatable bonds is 8. The molecule has 3 N–H and O–H groups in total. The second kappa shape index (κ2) is 9.69. The Balaban J connectivity index is 3.09. The molecule has 0 saturated heterocycles. The van der Waals surface area contributed by atoms with Crippen molar-refractivity contribution in [2.75, 3.05) is 13.6 Å². The Hall–Kier alpha value is -2.15. The Bertz CT molecular complexity index is 737. The first kappa shape index (κ1) is 22.9. The number of amides is 2. The van der Waals surface area contributed by atoms with Crippen LogP contribution in [-0.2, 0) is 11.3 Å². The number of carbonyl (C=O) groups is 2. The standard InChI is InChI=1S/C20H34N4O3/c1-12(2)16(21)8-9-23(7)20(27)19-14(5)10-18(26)24(15(19)6)11-17(25)22-13(3)4/h10,12-13,16H,8-9,11,21H2,1-7H3,(H,22,25). The molecule has 1 aromatic rings. The van der Waals surface area contributed by atoms with Crippen molar-refractivity contribution in [3.63, 3.8) is 0 Å². The SMILES string of the molecule is Cc1cc(=O)n(CC(=O)NC(C)C)c(C)c1C(=O)N(C)CCC(N)C(C)C. The van der Waals surface area contributed by atoms with Crippen molar-refractivity contribution in [1.82, 2.24) is 14.8 Å². The van der Waals surface area contributed by atoms with Crippen LogP contribution >= 0.6 is 0 Å². The van der Waals surface area contributed by atoms with Crippen molar-refractivity contribution < 1.29 is 9.59 Å². The Kier molecular flexibility index (Phi) is 8.21. The molecule has 2 amide bonds. The first-order chi connectivity index (χ1) is 12.5. The smallest absolute Gasteiger partial charge is 0.255 e. The lowest BCUT2D eigenvalue weighted by atomic mass is 10.0. The van der Waals surface area contributed by atoms with E-state index in [0.29, 0.717) is 35.7 Å². The van der Waals surface area contributed by atoms with Crippen LogP contribution in [0.1, 0.15) is 55.7 Å². The zero-order valence-electron chi connectivity index (χ0n) is 17.6. The first-order valence-electron chi connectivity index (χ1n) is 9.47. The van der Waals surface area contributed by atoms with E-state index in [9.17, 15) is 14.4 Å². The van der Waals surface area contributed by atoms with Crippen molar-refractivity contribution in [1.29, 1.82) is 0 Å². The molecule has 7 heteroatoms. The van der Waals surface area contributed by atoms with E-state index in [1.165, 1.54) is 10.6 Å². The molecule has 0 radical (unpaired) electrons. The highest BCUT2D eigenvalue weighted by Crippen LogP contribution is 2.15. The van der Waals surface area contributed by atoms with Crippen molar-refractivity contribution in [3.05, 3.63) is 33.2 Å². The molecular formula is C20H34N4O3. The Morgan fingerprint density at radius 1 is 1.22 bits per heavy atom. The molecule has 1 rings (SSSR count). The highest BCUT2D eigenvalue weighted by Gasteiger charge is 2.21. The minimum atomic E-state index is -0.287. The summed E-state index contributed by atoms with van der Waals surface area (Å²) in [5.41, 5.74) is 7.37. The number of nitrogens with two attached hydrogens (primary N) is 1. The van der Waals surface area contributed by atoms with E-state index in [1.807, 2.05) is 13.8 Å². The van der Waals surface area contributed by atoms with Gasteiger partial charge < -0.3 is 20.5 Å². The van der Waals surface area contributed by atoms with Crippen LogP contribution in [0.4, 0.5) is 0 Å². The predicted octanol–water partition coefficient (Wildman–Crippen LogP) is 1.44. The molecule has 152 valence electrons. The maximum Gasteiger partial charge on any atom is 0.255 e. The molecule has 0 aliphatic heterocycles. The summed E-state index contributed by atoms with van der Waals surface area (Å²) < 4.78 is 1.35. The molecule has 1 heterocycles. The van der Waals surface area contributed by atoms with Crippen molar-refractivity contribution in [2.24, 2.45) is 11.7 Å². The number of hydrogen-bond donors (Lipinski definition) is 2. The lowest BCUT2D eigenvalue weighted by Gasteiger charge is -2.24. The topological polar surface area (TPSA) is 97.4 Å². The number of carbonyl (C=O) groups excluding carboxylic acids is 2. The van der Waals surface area contributed by atoms with E-state index in [0.717, 1.165) is 0 Å². The van der Waals surface area contributed by atoms with Gasteiger partial charge >= 0.3 is 0 Å². The molecule has 0 bridgehead atoms. The van der Waals surface area contributed by atoms with Crippen LogP contribution in [0, 0.1) is 19.8 Å². The fourth-order valence-electron chi connectivity index (χ4n) is 2.92. The minimum absolute atomic E-state index is 0.0173. The van der Waals surface area contributed by atoms with E-state index in [1.54, 1.807) is 25.8 Å². The third-order valence-corrected chi connectivity index (χ3v) is 4.73. The summed E-state index contributed by atoms with van der Waals surface area (Å²) in [6.45, 7) is 11.7. The van der Waals surface area contributed by atoms with E-state index < -0.39 is 0 Å². The number of aryl methyl sites for hydroxylation is 1. The third kappa shape index (κ3) is 6.20. The summed E-state index contributed by atoms with van der Waals surface area (Å²) in [7, 11) is 1.73. The van der Waals surface area contributed by atoms with Gasteiger partial charge in [0.25, 0.3) is 11.5 Å².